The van der Waals surface area contributed by atoms with Gasteiger partial charge in [0.1, 0.15) is 0 Å². The highest BCUT2D eigenvalue weighted by Gasteiger charge is 2.11. The van der Waals surface area contributed by atoms with Gasteiger partial charge in [0.25, 0.3) is 0 Å². The van der Waals surface area contributed by atoms with Crippen LogP contribution in [-0.2, 0) is 0 Å². The summed E-state index contributed by atoms with van der Waals surface area (Å²) in [7, 11) is 1.94. The first-order valence-corrected chi connectivity index (χ1v) is 5.04. The van der Waals surface area contributed by atoms with E-state index in [4.69, 9.17) is 0 Å². The molecule has 1 heteroatoms. The second kappa shape index (κ2) is 6.08. The van der Waals surface area contributed by atoms with E-state index in [2.05, 4.69) is 17.2 Å². The van der Waals surface area contributed by atoms with Crippen molar-refractivity contribution in [2.24, 2.45) is 5.92 Å². The molecule has 0 spiro atoms. The van der Waals surface area contributed by atoms with Crippen LogP contribution >= 0.6 is 0 Å². The minimum atomic E-state index is 0.840. The molecular weight excluding hydrogens is 146 g/mol. The Bertz CT molecular complexity index is 158. The summed E-state index contributed by atoms with van der Waals surface area (Å²) < 4.78 is 0. The highest BCUT2D eigenvalue weighted by atomic mass is 14.8. The molecule has 0 aromatic rings. The summed E-state index contributed by atoms with van der Waals surface area (Å²) in [6.07, 6.45) is 8.25. The molecule has 1 aliphatic carbocycles. The first kappa shape index (κ1) is 9.61. The molecule has 0 atom stereocenters. The second-order valence-electron chi connectivity index (χ2n) is 3.59. The molecule has 1 fully saturated rings. The van der Waals surface area contributed by atoms with Crippen molar-refractivity contribution in [3.63, 3.8) is 0 Å². The number of nitrogens with one attached hydrogen (secondary N) is 1. The van der Waals surface area contributed by atoms with E-state index in [-0.39, 0.29) is 0 Å². The van der Waals surface area contributed by atoms with Gasteiger partial charge in [0, 0.05) is 6.42 Å². The Balaban J connectivity index is 2.09. The zero-order valence-electron chi connectivity index (χ0n) is 8.03. The Morgan fingerprint density at radius 3 is 2.58 bits per heavy atom. The quantitative estimate of drug-likeness (QED) is 0.618. The summed E-state index contributed by atoms with van der Waals surface area (Å²) in [6.45, 7) is 0.840. The molecular formula is C11H19N. The first-order chi connectivity index (χ1) is 5.93. The Kier molecular flexibility index (Phi) is 4.87. The maximum Gasteiger partial charge on any atom is 0.0574 e. The van der Waals surface area contributed by atoms with Crippen LogP contribution in [0, 0.1) is 17.8 Å². The van der Waals surface area contributed by atoms with Crippen molar-refractivity contribution in [1.82, 2.24) is 5.32 Å². The van der Waals surface area contributed by atoms with Gasteiger partial charge in [0.05, 0.1) is 6.54 Å². The van der Waals surface area contributed by atoms with Crippen molar-refractivity contribution in [3.05, 3.63) is 0 Å². The van der Waals surface area contributed by atoms with Crippen molar-refractivity contribution in [2.75, 3.05) is 13.6 Å². The minimum Gasteiger partial charge on any atom is -0.309 e. The summed E-state index contributed by atoms with van der Waals surface area (Å²) in [5.74, 6) is 7.27. The standard InChI is InChI=1S/C11H19N/c1-12-10-6-5-9-11-7-3-2-4-8-11/h11-12H,2-4,7-10H2,1H3. The third-order valence-electron chi connectivity index (χ3n) is 2.51. The van der Waals surface area contributed by atoms with Crippen molar-refractivity contribution < 1.29 is 0 Å². The first-order valence-electron chi connectivity index (χ1n) is 5.04. The molecule has 12 heavy (non-hydrogen) atoms. The maximum atomic E-state index is 3.24. The van der Waals surface area contributed by atoms with Gasteiger partial charge in [-0.25, -0.2) is 0 Å². The van der Waals surface area contributed by atoms with E-state index in [0.29, 0.717) is 0 Å². The Hall–Kier alpha value is -0.480. The summed E-state index contributed by atoms with van der Waals surface area (Å²) in [5, 5.41) is 3.03. The van der Waals surface area contributed by atoms with E-state index in [0.717, 1.165) is 18.9 Å². The van der Waals surface area contributed by atoms with E-state index < -0.39 is 0 Å². The van der Waals surface area contributed by atoms with Crippen molar-refractivity contribution in [1.29, 1.82) is 0 Å². The fourth-order valence-corrected chi connectivity index (χ4v) is 1.76. The molecule has 1 N–H and O–H groups in total. The van der Waals surface area contributed by atoms with Crippen LogP contribution in [0.15, 0.2) is 0 Å². The average molecular weight is 165 g/mol. The Labute approximate surface area is 75.9 Å². The number of hydrogen-bond donors (Lipinski definition) is 1. The molecule has 1 aliphatic rings. The van der Waals surface area contributed by atoms with Gasteiger partial charge < -0.3 is 5.32 Å². The summed E-state index contributed by atoms with van der Waals surface area (Å²) in [5.41, 5.74) is 0. The normalized spacial score (nSPS) is 18.4. The van der Waals surface area contributed by atoms with Crippen LogP contribution in [0.25, 0.3) is 0 Å². The zero-order valence-corrected chi connectivity index (χ0v) is 8.03. The average Bonchev–Trinajstić information content (AvgIpc) is 2.14. The topological polar surface area (TPSA) is 12.0 Å². The summed E-state index contributed by atoms with van der Waals surface area (Å²) in [6, 6.07) is 0. The lowest BCUT2D eigenvalue weighted by molar-refractivity contribution is 0.365. The van der Waals surface area contributed by atoms with Crippen LogP contribution in [0.4, 0.5) is 0 Å². The molecule has 1 saturated carbocycles. The van der Waals surface area contributed by atoms with E-state index in [9.17, 15) is 0 Å². The van der Waals surface area contributed by atoms with Gasteiger partial charge in [0.2, 0.25) is 0 Å². The lowest BCUT2D eigenvalue weighted by Crippen LogP contribution is -2.06. The monoisotopic (exact) mass is 165 g/mol. The fraction of sp³-hybridized carbons (Fsp3) is 0.818. The van der Waals surface area contributed by atoms with Crippen molar-refractivity contribution >= 4 is 0 Å². The lowest BCUT2D eigenvalue weighted by atomic mass is 9.87. The maximum absolute atomic E-state index is 3.24. The molecule has 1 nitrogen and oxygen atoms in total. The highest BCUT2D eigenvalue weighted by Crippen LogP contribution is 2.25. The zero-order chi connectivity index (χ0) is 8.65. The Morgan fingerprint density at radius 2 is 1.92 bits per heavy atom. The predicted octanol–water partition coefficient (Wildman–Crippen LogP) is 2.18. The van der Waals surface area contributed by atoms with E-state index >= 15 is 0 Å². The third kappa shape index (κ3) is 3.78. The number of rotatable bonds is 2. The van der Waals surface area contributed by atoms with Gasteiger partial charge in [-0.2, -0.15) is 0 Å². The molecule has 68 valence electrons. The van der Waals surface area contributed by atoms with Crippen LogP contribution < -0.4 is 5.32 Å². The molecule has 0 unspecified atom stereocenters. The van der Waals surface area contributed by atoms with E-state index in [1.54, 1.807) is 0 Å². The molecule has 1 rings (SSSR count). The molecule has 0 amide bonds. The van der Waals surface area contributed by atoms with Gasteiger partial charge in [-0.05, 0) is 25.8 Å². The van der Waals surface area contributed by atoms with Crippen LogP contribution in [0.1, 0.15) is 38.5 Å². The highest BCUT2D eigenvalue weighted by molar-refractivity contribution is 5.01. The lowest BCUT2D eigenvalue weighted by Gasteiger charge is -2.18. The molecule has 0 radical (unpaired) electrons. The largest absolute Gasteiger partial charge is 0.309 e. The SMILES string of the molecule is CNCC#CCC1CCCCC1. The van der Waals surface area contributed by atoms with Crippen molar-refractivity contribution in [3.8, 4) is 11.8 Å². The number of hydrogen-bond acceptors (Lipinski definition) is 1. The smallest absolute Gasteiger partial charge is 0.0574 e. The van der Waals surface area contributed by atoms with E-state index in [1.807, 2.05) is 7.05 Å². The third-order valence-corrected chi connectivity index (χ3v) is 2.51. The minimum absolute atomic E-state index is 0.840. The van der Waals surface area contributed by atoms with Gasteiger partial charge in [-0.15, -0.1) is 5.92 Å². The molecule has 0 saturated heterocycles. The molecule has 0 aromatic carbocycles. The summed E-state index contributed by atoms with van der Waals surface area (Å²) >= 11 is 0. The van der Waals surface area contributed by atoms with Gasteiger partial charge in [-0.3, -0.25) is 0 Å². The molecule has 0 aromatic heterocycles. The molecule has 0 bridgehead atoms. The second-order valence-corrected chi connectivity index (χ2v) is 3.59. The summed E-state index contributed by atoms with van der Waals surface area (Å²) in [4.78, 5) is 0. The van der Waals surface area contributed by atoms with E-state index in [1.165, 1.54) is 32.1 Å². The van der Waals surface area contributed by atoms with Gasteiger partial charge in [-0.1, -0.05) is 25.2 Å². The fourth-order valence-electron chi connectivity index (χ4n) is 1.76. The van der Waals surface area contributed by atoms with Crippen LogP contribution in [0.5, 0.6) is 0 Å². The van der Waals surface area contributed by atoms with Crippen LogP contribution in [0.2, 0.25) is 0 Å². The molecule has 0 heterocycles. The molecule has 0 aliphatic heterocycles. The van der Waals surface area contributed by atoms with Crippen LogP contribution in [-0.4, -0.2) is 13.6 Å². The van der Waals surface area contributed by atoms with Crippen molar-refractivity contribution in [2.45, 2.75) is 38.5 Å². The van der Waals surface area contributed by atoms with Gasteiger partial charge in [0.15, 0.2) is 0 Å². The van der Waals surface area contributed by atoms with Gasteiger partial charge >= 0.3 is 0 Å². The van der Waals surface area contributed by atoms with Crippen LogP contribution in [0.3, 0.4) is 0 Å². The Morgan fingerprint density at radius 1 is 1.17 bits per heavy atom. The predicted molar refractivity (Wildman–Crippen MR) is 52.9 cm³/mol.